The molecule has 1 N–H and O–H groups in total. The predicted octanol–water partition coefficient (Wildman–Crippen LogP) is 1.70. The molecule has 0 radical (unpaired) electrons. The van der Waals surface area contributed by atoms with E-state index in [9.17, 15) is 4.79 Å². The van der Waals surface area contributed by atoms with E-state index in [1.807, 2.05) is 6.92 Å². The first-order valence-corrected chi connectivity index (χ1v) is 6.44. The molecule has 2 rings (SSSR count). The lowest BCUT2D eigenvalue weighted by Gasteiger charge is -2.37. The fourth-order valence-electron chi connectivity index (χ4n) is 1.69. The van der Waals surface area contributed by atoms with Crippen LogP contribution in [0.1, 0.15) is 19.5 Å². The van der Waals surface area contributed by atoms with Crippen molar-refractivity contribution in [3.8, 4) is 5.75 Å². The topological polar surface area (TPSA) is 71.9 Å². The van der Waals surface area contributed by atoms with Crippen LogP contribution < -0.4 is 4.74 Å². The highest BCUT2D eigenvalue weighted by Crippen LogP contribution is 2.18. The fourth-order valence-corrected chi connectivity index (χ4v) is 1.69. The molecule has 1 amide bonds. The van der Waals surface area contributed by atoms with Gasteiger partial charge in [-0.05, 0) is 32.1 Å². The van der Waals surface area contributed by atoms with Crippen LogP contribution in [0.3, 0.4) is 0 Å². The second-order valence-corrected chi connectivity index (χ2v) is 4.56. The van der Waals surface area contributed by atoms with Gasteiger partial charge in [-0.2, -0.15) is 0 Å². The lowest BCUT2D eigenvalue weighted by molar-refractivity contribution is 0.0199. The Kier molecular flexibility index (Phi) is 4.57. The third kappa shape index (κ3) is 3.48. The molecule has 1 saturated heterocycles. The largest absolute Gasteiger partial charge is 0.485 e. The van der Waals surface area contributed by atoms with Gasteiger partial charge in [-0.25, -0.2) is 4.79 Å². The molecule has 0 bridgehead atoms. The van der Waals surface area contributed by atoms with Gasteiger partial charge in [0.15, 0.2) is 0 Å². The predicted molar refractivity (Wildman–Crippen MR) is 72.1 cm³/mol. The molecule has 6 nitrogen and oxygen atoms in total. The smallest absolute Gasteiger partial charge is 0.415 e. The third-order valence-corrected chi connectivity index (χ3v) is 3.02. The maximum atomic E-state index is 11.6. The van der Waals surface area contributed by atoms with Crippen LogP contribution >= 0.6 is 0 Å². The van der Waals surface area contributed by atoms with Crippen molar-refractivity contribution in [3.05, 3.63) is 35.9 Å². The zero-order valence-electron chi connectivity index (χ0n) is 11.6. The number of likely N-dealkylation sites (tertiary alicyclic amines) is 1. The van der Waals surface area contributed by atoms with Gasteiger partial charge < -0.3 is 19.5 Å². The molecule has 6 heteroatoms. The number of aromatic nitrogens is 1. The highest BCUT2D eigenvalue weighted by Gasteiger charge is 2.33. The molecule has 108 valence electrons. The molecule has 1 aliphatic heterocycles. The Morgan fingerprint density at radius 2 is 2.30 bits per heavy atom. The number of nitrogens with zero attached hydrogens (tertiary/aromatic N) is 2. The van der Waals surface area contributed by atoms with E-state index in [1.165, 1.54) is 0 Å². The molecule has 0 spiro atoms. The molecular formula is C14H18N2O4. The van der Waals surface area contributed by atoms with Gasteiger partial charge in [-0.1, -0.05) is 0 Å². The van der Waals surface area contributed by atoms with Gasteiger partial charge in [0, 0.05) is 0 Å². The van der Waals surface area contributed by atoms with E-state index >= 15 is 0 Å². The number of hydrogen-bond acceptors (Lipinski definition) is 5. The van der Waals surface area contributed by atoms with Crippen LogP contribution in [0.2, 0.25) is 0 Å². The first-order chi connectivity index (χ1) is 9.62. The maximum Gasteiger partial charge on any atom is 0.415 e. The second-order valence-electron chi connectivity index (χ2n) is 4.56. The van der Waals surface area contributed by atoms with Gasteiger partial charge in [0.25, 0.3) is 0 Å². The molecule has 0 aromatic carbocycles. The van der Waals surface area contributed by atoms with Crippen molar-refractivity contribution in [1.29, 1.82) is 0 Å². The van der Waals surface area contributed by atoms with Gasteiger partial charge in [-0.15, -0.1) is 0 Å². The summed E-state index contributed by atoms with van der Waals surface area (Å²) in [6, 6.07) is 3.46. The molecule has 0 unspecified atom stereocenters. The lowest BCUT2D eigenvalue weighted by Crippen LogP contribution is -2.56. The molecule has 0 atom stereocenters. The summed E-state index contributed by atoms with van der Waals surface area (Å²) in [5, 5.41) is 8.89. The summed E-state index contributed by atoms with van der Waals surface area (Å²) in [5.74, 6) is 1.22. The standard InChI is InChI=1S/C14H18N2O4/c1-3-10(2)19-14(18)16-7-13(8-16)20-12-5-4-11(9-17)15-6-12/h3-6,13,17H,7-9H2,1-2H3/b10-3-. The molecular weight excluding hydrogens is 260 g/mol. The molecule has 1 aromatic rings. The molecule has 20 heavy (non-hydrogen) atoms. The SMILES string of the molecule is C/C=C(/C)OC(=O)N1CC(Oc2ccc(CO)nc2)C1. The van der Waals surface area contributed by atoms with E-state index in [1.54, 1.807) is 36.2 Å². The van der Waals surface area contributed by atoms with Crippen LogP contribution in [-0.4, -0.2) is 40.3 Å². The van der Waals surface area contributed by atoms with Gasteiger partial charge in [0.1, 0.15) is 17.6 Å². The van der Waals surface area contributed by atoms with E-state index in [0.717, 1.165) is 0 Å². The van der Waals surface area contributed by atoms with Crippen LogP contribution in [0.15, 0.2) is 30.2 Å². The van der Waals surface area contributed by atoms with E-state index in [0.29, 0.717) is 30.3 Å². The van der Waals surface area contributed by atoms with E-state index < -0.39 is 0 Å². The summed E-state index contributed by atoms with van der Waals surface area (Å²) in [6.07, 6.45) is 2.90. The zero-order chi connectivity index (χ0) is 14.5. The Labute approximate surface area is 117 Å². The summed E-state index contributed by atoms with van der Waals surface area (Å²) in [4.78, 5) is 17.2. The maximum absolute atomic E-state index is 11.6. The average Bonchev–Trinajstić information content (AvgIpc) is 2.42. The Balaban J connectivity index is 1.77. The Hall–Kier alpha value is -2.08. The number of carbonyl (C=O) groups is 1. The number of carbonyl (C=O) groups excluding carboxylic acids is 1. The third-order valence-electron chi connectivity index (χ3n) is 3.02. The minimum absolute atomic E-state index is 0.0461. The van der Waals surface area contributed by atoms with Crippen LogP contribution in [0.5, 0.6) is 5.75 Å². The number of amides is 1. The molecule has 2 heterocycles. The number of hydrogen-bond donors (Lipinski definition) is 1. The minimum Gasteiger partial charge on any atom is -0.485 e. The quantitative estimate of drug-likeness (QED) is 0.849. The van der Waals surface area contributed by atoms with Gasteiger partial charge in [0.05, 0.1) is 31.6 Å². The monoisotopic (exact) mass is 278 g/mol. The fraction of sp³-hybridized carbons (Fsp3) is 0.429. The van der Waals surface area contributed by atoms with Crippen LogP contribution in [0.4, 0.5) is 4.79 Å². The van der Waals surface area contributed by atoms with Crippen molar-refractivity contribution in [3.63, 3.8) is 0 Å². The van der Waals surface area contributed by atoms with Crippen molar-refractivity contribution in [1.82, 2.24) is 9.88 Å². The summed E-state index contributed by atoms with van der Waals surface area (Å²) >= 11 is 0. The van der Waals surface area contributed by atoms with Crippen LogP contribution in [0.25, 0.3) is 0 Å². The second kappa shape index (κ2) is 6.38. The molecule has 1 fully saturated rings. The molecule has 1 aromatic heterocycles. The number of pyridine rings is 1. The Morgan fingerprint density at radius 3 is 2.85 bits per heavy atom. The summed E-state index contributed by atoms with van der Waals surface area (Å²) < 4.78 is 10.7. The van der Waals surface area contributed by atoms with Crippen LogP contribution in [0, 0.1) is 0 Å². The Bertz CT molecular complexity index is 492. The summed E-state index contributed by atoms with van der Waals surface area (Å²) in [5.41, 5.74) is 0.595. The normalized spacial score (nSPS) is 15.8. The van der Waals surface area contributed by atoms with Crippen molar-refractivity contribution in [2.24, 2.45) is 0 Å². The van der Waals surface area contributed by atoms with Gasteiger partial charge in [-0.3, -0.25) is 4.98 Å². The number of allylic oxidation sites excluding steroid dienone is 2. The average molecular weight is 278 g/mol. The van der Waals surface area contributed by atoms with Crippen molar-refractivity contribution in [2.75, 3.05) is 13.1 Å². The lowest BCUT2D eigenvalue weighted by atomic mass is 10.2. The highest BCUT2D eigenvalue weighted by molar-refractivity contribution is 5.69. The van der Waals surface area contributed by atoms with Gasteiger partial charge in [0.2, 0.25) is 0 Å². The minimum atomic E-state index is -0.353. The summed E-state index contributed by atoms with van der Waals surface area (Å²) in [6.45, 7) is 4.45. The number of ether oxygens (including phenoxy) is 2. The Morgan fingerprint density at radius 1 is 1.55 bits per heavy atom. The van der Waals surface area contributed by atoms with Crippen molar-refractivity contribution < 1.29 is 19.4 Å². The van der Waals surface area contributed by atoms with E-state index in [-0.39, 0.29) is 18.8 Å². The first kappa shape index (κ1) is 14.3. The van der Waals surface area contributed by atoms with Crippen molar-refractivity contribution in [2.45, 2.75) is 26.6 Å². The molecule has 1 aliphatic rings. The number of rotatable bonds is 4. The van der Waals surface area contributed by atoms with Crippen LogP contribution in [-0.2, 0) is 11.3 Å². The van der Waals surface area contributed by atoms with Crippen molar-refractivity contribution >= 4 is 6.09 Å². The number of aliphatic hydroxyl groups is 1. The molecule has 0 aliphatic carbocycles. The molecule has 0 saturated carbocycles. The zero-order valence-corrected chi connectivity index (χ0v) is 11.6. The number of aliphatic hydroxyl groups excluding tert-OH is 1. The first-order valence-electron chi connectivity index (χ1n) is 6.44. The van der Waals surface area contributed by atoms with E-state index in [2.05, 4.69) is 4.98 Å². The van der Waals surface area contributed by atoms with Gasteiger partial charge >= 0.3 is 6.09 Å². The summed E-state index contributed by atoms with van der Waals surface area (Å²) in [7, 11) is 0. The van der Waals surface area contributed by atoms with E-state index in [4.69, 9.17) is 14.6 Å². The highest BCUT2D eigenvalue weighted by atomic mass is 16.6.